The van der Waals surface area contributed by atoms with Crippen LogP contribution in [0.1, 0.15) is 20.8 Å². The number of Topliss-reactive ketones (excluding diaryl/α,β-unsaturated/α-hetero) is 1. The van der Waals surface area contributed by atoms with Gasteiger partial charge in [0.15, 0.2) is 11.5 Å². The molecule has 0 spiro atoms. The van der Waals surface area contributed by atoms with Crippen molar-refractivity contribution < 1.29 is 28.5 Å². The second kappa shape index (κ2) is 12.3. The summed E-state index contributed by atoms with van der Waals surface area (Å²) >= 11 is 12.5. The van der Waals surface area contributed by atoms with E-state index in [1.54, 1.807) is 19.1 Å². The molecule has 0 saturated carbocycles. The van der Waals surface area contributed by atoms with Crippen molar-refractivity contribution in [3.63, 3.8) is 0 Å². The molecule has 0 radical (unpaired) electrons. The lowest BCUT2D eigenvalue weighted by Gasteiger charge is -2.15. The number of rotatable bonds is 11. The first-order valence-corrected chi connectivity index (χ1v) is 10.7. The lowest BCUT2D eigenvalue weighted by Crippen LogP contribution is -2.32. The minimum Gasteiger partial charge on any atom is -0.497 e. The average Bonchev–Trinajstić information content (AvgIpc) is 2.77. The molecular weight excluding hydrogens is 473 g/mol. The van der Waals surface area contributed by atoms with Crippen molar-refractivity contribution in [3.05, 3.63) is 34.3 Å². The molecule has 1 unspecified atom stereocenters. The highest BCUT2D eigenvalue weighted by molar-refractivity contribution is 6.34. The molecule has 11 heteroatoms. The number of hydrogen-bond donors (Lipinski definition) is 1. The van der Waals surface area contributed by atoms with E-state index >= 15 is 0 Å². The van der Waals surface area contributed by atoms with Crippen LogP contribution in [-0.2, 0) is 9.59 Å². The van der Waals surface area contributed by atoms with Gasteiger partial charge in [0.2, 0.25) is 6.04 Å². The number of amides is 1. The van der Waals surface area contributed by atoms with E-state index in [1.165, 1.54) is 33.3 Å². The monoisotopic (exact) mass is 497 g/mol. The average molecular weight is 498 g/mol. The molecule has 0 aromatic heterocycles. The number of nitrogens with zero attached hydrogens (tertiary/aromatic N) is 2. The predicted octanol–water partition coefficient (Wildman–Crippen LogP) is 5.49. The van der Waals surface area contributed by atoms with Crippen LogP contribution in [0.25, 0.3) is 0 Å². The molecule has 0 aliphatic rings. The van der Waals surface area contributed by atoms with E-state index in [-0.39, 0.29) is 27.2 Å². The molecule has 9 nitrogen and oxygen atoms in total. The molecule has 0 fully saturated rings. The van der Waals surface area contributed by atoms with Crippen LogP contribution in [0.4, 0.5) is 11.4 Å². The Morgan fingerprint density at radius 3 is 2.18 bits per heavy atom. The van der Waals surface area contributed by atoms with E-state index in [0.29, 0.717) is 30.5 Å². The molecule has 1 N–H and O–H groups in total. The minimum absolute atomic E-state index is 0.163. The van der Waals surface area contributed by atoms with Gasteiger partial charge in [0.25, 0.3) is 5.91 Å². The Morgan fingerprint density at radius 2 is 1.61 bits per heavy atom. The number of benzene rings is 2. The van der Waals surface area contributed by atoms with Crippen molar-refractivity contribution in [2.75, 3.05) is 32.8 Å². The zero-order chi connectivity index (χ0) is 24.5. The summed E-state index contributed by atoms with van der Waals surface area (Å²) in [5.41, 5.74) is 0.412. The van der Waals surface area contributed by atoms with Crippen LogP contribution in [0.15, 0.2) is 34.5 Å². The number of methoxy groups -OCH3 is 2. The summed E-state index contributed by atoms with van der Waals surface area (Å²) in [6.45, 7) is 5.61. The number of ether oxygens (including phenoxy) is 4. The normalized spacial score (nSPS) is 11.7. The maximum Gasteiger partial charge on any atom is 0.258 e. The van der Waals surface area contributed by atoms with Crippen LogP contribution in [0.5, 0.6) is 23.0 Å². The highest BCUT2D eigenvalue weighted by Gasteiger charge is 2.26. The zero-order valence-corrected chi connectivity index (χ0v) is 20.4. The minimum atomic E-state index is -1.45. The Morgan fingerprint density at radius 1 is 0.939 bits per heavy atom. The topological polar surface area (TPSA) is 108 Å². The third-order valence-electron chi connectivity index (χ3n) is 4.26. The summed E-state index contributed by atoms with van der Waals surface area (Å²) in [6, 6.07) is 4.66. The Hall–Kier alpha value is -3.04. The molecule has 0 heterocycles. The van der Waals surface area contributed by atoms with E-state index < -0.39 is 17.7 Å². The fourth-order valence-corrected chi connectivity index (χ4v) is 3.19. The number of azo groups is 1. The first-order chi connectivity index (χ1) is 15.7. The first kappa shape index (κ1) is 26.2. The molecule has 2 rings (SSSR count). The fraction of sp³-hybridized carbons (Fsp3) is 0.364. The van der Waals surface area contributed by atoms with Gasteiger partial charge < -0.3 is 24.3 Å². The summed E-state index contributed by atoms with van der Waals surface area (Å²) in [7, 11) is 2.88. The van der Waals surface area contributed by atoms with Crippen LogP contribution in [0.2, 0.25) is 10.0 Å². The number of ketones is 1. The van der Waals surface area contributed by atoms with Gasteiger partial charge in [-0.2, -0.15) is 10.2 Å². The van der Waals surface area contributed by atoms with E-state index in [2.05, 4.69) is 15.5 Å². The largest absolute Gasteiger partial charge is 0.497 e. The van der Waals surface area contributed by atoms with Gasteiger partial charge in [0.1, 0.15) is 28.6 Å². The summed E-state index contributed by atoms with van der Waals surface area (Å²) in [5, 5.41) is 11.0. The number of carbonyl (C=O) groups excluding carboxylic acids is 2. The third kappa shape index (κ3) is 6.72. The fourth-order valence-electron chi connectivity index (χ4n) is 2.73. The Bertz CT molecular complexity index is 1050. The molecule has 1 amide bonds. The van der Waals surface area contributed by atoms with Gasteiger partial charge in [-0.3, -0.25) is 9.59 Å². The Balaban J connectivity index is 2.36. The van der Waals surface area contributed by atoms with E-state index in [4.69, 9.17) is 42.1 Å². The highest BCUT2D eigenvalue weighted by Crippen LogP contribution is 2.39. The molecule has 2 aromatic carbocycles. The second-order valence-electron chi connectivity index (χ2n) is 6.52. The van der Waals surface area contributed by atoms with Gasteiger partial charge in [0, 0.05) is 18.2 Å². The quantitative estimate of drug-likeness (QED) is 0.324. The van der Waals surface area contributed by atoms with Crippen LogP contribution >= 0.6 is 23.2 Å². The lowest BCUT2D eigenvalue weighted by atomic mass is 10.2. The number of carbonyl (C=O) groups is 2. The molecule has 0 aliphatic heterocycles. The third-order valence-corrected chi connectivity index (χ3v) is 4.85. The smallest absolute Gasteiger partial charge is 0.258 e. The number of nitrogens with one attached hydrogen (secondary N) is 1. The number of anilines is 1. The molecule has 1 atom stereocenters. The van der Waals surface area contributed by atoms with E-state index in [1.807, 2.05) is 6.92 Å². The highest BCUT2D eigenvalue weighted by atomic mass is 35.5. The van der Waals surface area contributed by atoms with Crippen LogP contribution in [-0.4, -0.2) is 45.2 Å². The van der Waals surface area contributed by atoms with Gasteiger partial charge in [-0.05, 0) is 26.8 Å². The maximum absolute atomic E-state index is 12.9. The SMILES string of the molecule is CCOc1cc(OCC)c(N=NC(C(C)=O)C(=O)Nc2c(Cl)cc(OC)cc2OC)cc1Cl. The van der Waals surface area contributed by atoms with Gasteiger partial charge in [-0.25, -0.2) is 0 Å². The molecule has 2 aromatic rings. The van der Waals surface area contributed by atoms with E-state index in [9.17, 15) is 9.59 Å². The summed E-state index contributed by atoms with van der Waals surface area (Å²) in [4.78, 5) is 25.0. The molecule has 0 saturated heterocycles. The van der Waals surface area contributed by atoms with Gasteiger partial charge in [-0.15, -0.1) is 0 Å². The summed E-state index contributed by atoms with van der Waals surface area (Å²) in [5.74, 6) is 0.180. The van der Waals surface area contributed by atoms with Crippen molar-refractivity contribution in [3.8, 4) is 23.0 Å². The zero-order valence-electron chi connectivity index (χ0n) is 18.9. The summed E-state index contributed by atoms with van der Waals surface area (Å²) < 4.78 is 21.4. The molecule has 0 aliphatic carbocycles. The predicted molar refractivity (Wildman–Crippen MR) is 126 cm³/mol. The standard InChI is InChI=1S/C22H25Cl2N3O6/c1-6-32-17-11-18(33-7-2)16(10-14(17)23)26-27-20(12(3)28)22(29)25-21-15(24)8-13(30-4)9-19(21)31-5/h8-11,20H,6-7H2,1-5H3,(H,25,29). The van der Waals surface area contributed by atoms with Crippen molar-refractivity contribution >= 4 is 46.3 Å². The van der Waals surface area contributed by atoms with Crippen molar-refractivity contribution in [1.29, 1.82) is 0 Å². The van der Waals surface area contributed by atoms with Crippen LogP contribution in [0.3, 0.4) is 0 Å². The second-order valence-corrected chi connectivity index (χ2v) is 7.34. The van der Waals surface area contributed by atoms with Gasteiger partial charge in [0.05, 0.1) is 37.5 Å². The molecule has 178 valence electrons. The Kier molecular flexibility index (Phi) is 9.74. The lowest BCUT2D eigenvalue weighted by molar-refractivity contribution is -0.126. The molecular formula is C22H25Cl2N3O6. The summed E-state index contributed by atoms with van der Waals surface area (Å²) in [6.07, 6.45) is 0. The van der Waals surface area contributed by atoms with Gasteiger partial charge in [-0.1, -0.05) is 23.2 Å². The van der Waals surface area contributed by atoms with E-state index in [0.717, 1.165) is 0 Å². The maximum atomic E-state index is 12.9. The number of hydrogen-bond acceptors (Lipinski definition) is 8. The van der Waals surface area contributed by atoms with Crippen molar-refractivity contribution in [2.45, 2.75) is 26.8 Å². The number of halogens is 2. The Labute approximate surface area is 202 Å². The van der Waals surface area contributed by atoms with Crippen molar-refractivity contribution in [1.82, 2.24) is 0 Å². The van der Waals surface area contributed by atoms with Gasteiger partial charge >= 0.3 is 0 Å². The van der Waals surface area contributed by atoms with Crippen LogP contribution < -0.4 is 24.3 Å². The first-order valence-electron chi connectivity index (χ1n) is 9.98. The molecule has 33 heavy (non-hydrogen) atoms. The molecule has 0 bridgehead atoms. The van der Waals surface area contributed by atoms with Crippen molar-refractivity contribution in [2.24, 2.45) is 10.2 Å². The van der Waals surface area contributed by atoms with Crippen LogP contribution in [0, 0.1) is 0 Å².